The summed E-state index contributed by atoms with van der Waals surface area (Å²) in [7, 11) is 2.66. The first-order chi connectivity index (χ1) is 19.2. The Balaban J connectivity index is 1.47. The van der Waals surface area contributed by atoms with Crippen molar-refractivity contribution < 1.29 is 46.1 Å². The van der Waals surface area contributed by atoms with Crippen LogP contribution in [0.1, 0.15) is 47.4 Å². The van der Waals surface area contributed by atoms with Gasteiger partial charge >= 0.3 is 0 Å². The Hall–Kier alpha value is -4.10. The summed E-state index contributed by atoms with van der Waals surface area (Å²) in [5.74, 6) is -6.86. The van der Waals surface area contributed by atoms with Gasteiger partial charge < -0.3 is 40.2 Å². The highest BCUT2D eigenvalue weighted by atomic mass is 19.3. The van der Waals surface area contributed by atoms with Gasteiger partial charge in [0.25, 0.3) is 23.7 Å². The van der Waals surface area contributed by atoms with Crippen LogP contribution in [-0.4, -0.2) is 79.6 Å². The molecule has 0 saturated carbocycles. The second kappa shape index (κ2) is 11.1. The van der Waals surface area contributed by atoms with Gasteiger partial charge in [-0.05, 0) is 26.0 Å². The van der Waals surface area contributed by atoms with Crippen LogP contribution in [0.4, 0.5) is 28.9 Å². The van der Waals surface area contributed by atoms with Gasteiger partial charge in [-0.25, -0.2) is 17.6 Å². The summed E-state index contributed by atoms with van der Waals surface area (Å²) in [6.07, 6.45) is -0.879. The number of nitrogens with zero attached hydrogens (tertiary/aromatic N) is 2. The smallest absolute Gasteiger partial charge is 0.267 e. The maximum atomic E-state index is 13.8. The SMILES string of the molecule is COc1cc(C(=O)N2CC(F)(F)C[C@H]2C)c(N)cc1OCOc1cc(N)c(C(=O)N2CC(F)(F)C[C@H]2C)cc1OC. The van der Waals surface area contributed by atoms with Gasteiger partial charge in [0.05, 0.1) is 38.4 Å². The number of amides is 2. The Labute approximate surface area is 234 Å². The predicted molar refractivity (Wildman–Crippen MR) is 141 cm³/mol. The van der Waals surface area contributed by atoms with Gasteiger partial charge in [0.15, 0.2) is 23.0 Å². The Morgan fingerprint density at radius 3 is 1.41 bits per heavy atom. The van der Waals surface area contributed by atoms with E-state index in [0.29, 0.717) is 0 Å². The van der Waals surface area contributed by atoms with Crippen molar-refractivity contribution in [3.63, 3.8) is 0 Å². The van der Waals surface area contributed by atoms with E-state index in [1.807, 2.05) is 0 Å². The fourth-order valence-electron chi connectivity index (χ4n) is 5.10. The highest BCUT2D eigenvalue weighted by Gasteiger charge is 2.46. The van der Waals surface area contributed by atoms with E-state index >= 15 is 0 Å². The summed E-state index contributed by atoms with van der Waals surface area (Å²) in [6, 6.07) is 3.89. The fourth-order valence-corrected chi connectivity index (χ4v) is 5.10. The number of halogens is 4. The number of methoxy groups -OCH3 is 2. The number of carbonyl (C=O) groups is 2. The van der Waals surface area contributed by atoms with E-state index in [4.69, 9.17) is 30.4 Å². The quantitative estimate of drug-likeness (QED) is 0.271. The van der Waals surface area contributed by atoms with Crippen LogP contribution in [-0.2, 0) is 0 Å². The molecule has 2 saturated heterocycles. The molecular formula is C27H32F4N4O6. The van der Waals surface area contributed by atoms with Crippen molar-refractivity contribution in [2.45, 2.75) is 50.6 Å². The predicted octanol–water partition coefficient (Wildman–Crippen LogP) is 4.02. The number of nitrogens with two attached hydrogens (primary N) is 2. The first kappa shape index (κ1) is 29.9. The number of carbonyl (C=O) groups excluding carboxylic acids is 2. The van der Waals surface area contributed by atoms with Crippen molar-refractivity contribution in [3.8, 4) is 23.0 Å². The average molecular weight is 585 g/mol. The minimum Gasteiger partial charge on any atom is -0.493 e. The maximum absolute atomic E-state index is 13.8. The topological polar surface area (TPSA) is 130 Å². The zero-order valence-corrected chi connectivity index (χ0v) is 23.0. The van der Waals surface area contributed by atoms with Gasteiger partial charge in [-0.15, -0.1) is 0 Å². The van der Waals surface area contributed by atoms with Crippen LogP contribution in [0.15, 0.2) is 24.3 Å². The molecule has 0 radical (unpaired) electrons. The Kier molecular flexibility index (Phi) is 8.05. The van der Waals surface area contributed by atoms with Crippen molar-refractivity contribution in [1.82, 2.24) is 9.80 Å². The molecule has 2 aromatic carbocycles. The molecule has 2 fully saturated rings. The zero-order valence-electron chi connectivity index (χ0n) is 23.0. The Bertz CT molecular complexity index is 1240. The molecule has 224 valence electrons. The molecule has 2 atom stereocenters. The van der Waals surface area contributed by atoms with Crippen molar-refractivity contribution in [2.75, 3.05) is 45.6 Å². The molecule has 2 aromatic rings. The molecule has 2 aliphatic heterocycles. The highest BCUT2D eigenvalue weighted by molar-refractivity contribution is 6.01. The lowest BCUT2D eigenvalue weighted by atomic mass is 10.1. The van der Waals surface area contributed by atoms with Crippen molar-refractivity contribution in [2.24, 2.45) is 0 Å². The summed E-state index contributed by atoms with van der Waals surface area (Å²) < 4.78 is 77.2. The number of hydrogen-bond acceptors (Lipinski definition) is 8. The van der Waals surface area contributed by atoms with Gasteiger partial charge in [0.1, 0.15) is 0 Å². The lowest BCUT2D eigenvalue weighted by Gasteiger charge is -2.23. The zero-order chi connectivity index (χ0) is 30.3. The van der Waals surface area contributed by atoms with Crippen molar-refractivity contribution in [1.29, 1.82) is 0 Å². The number of alkyl halides is 4. The summed E-state index contributed by atoms with van der Waals surface area (Å²) in [5, 5.41) is 0. The monoisotopic (exact) mass is 584 g/mol. The number of benzene rings is 2. The third-order valence-corrected chi connectivity index (χ3v) is 7.14. The third kappa shape index (κ3) is 6.15. The first-order valence-corrected chi connectivity index (χ1v) is 12.7. The molecule has 4 rings (SSSR count). The molecule has 14 heteroatoms. The number of anilines is 2. The lowest BCUT2D eigenvalue weighted by molar-refractivity contribution is 0.0115. The lowest BCUT2D eigenvalue weighted by Crippen LogP contribution is -2.35. The normalized spacial score (nSPS) is 21.1. The number of ether oxygens (including phenoxy) is 4. The highest BCUT2D eigenvalue weighted by Crippen LogP contribution is 2.39. The second-order valence-electron chi connectivity index (χ2n) is 10.3. The molecule has 2 heterocycles. The number of rotatable bonds is 8. The van der Waals surface area contributed by atoms with Gasteiger partial charge in [0, 0.05) is 48.4 Å². The van der Waals surface area contributed by atoms with Gasteiger partial charge in [-0.1, -0.05) is 0 Å². The number of nitrogen functional groups attached to an aromatic ring is 2. The molecule has 0 unspecified atom stereocenters. The van der Waals surface area contributed by atoms with Crippen molar-refractivity contribution in [3.05, 3.63) is 35.4 Å². The van der Waals surface area contributed by atoms with E-state index in [0.717, 1.165) is 9.80 Å². The van der Waals surface area contributed by atoms with Gasteiger partial charge in [-0.3, -0.25) is 9.59 Å². The van der Waals surface area contributed by atoms with Crippen LogP contribution < -0.4 is 30.4 Å². The molecule has 4 N–H and O–H groups in total. The second-order valence-corrected chi connectivity index (χ2v) is 10.3. The van der Waals surface area contributed by atoms with E-state index in [9.17, 15) is 27.2 Å². The average Bonchev–Trinajstić information content (AvgIpc) is 3.34. The minimum atomic E-state index is -2.98. The van der Waals surface area contributed by atoms with Crippen molar-refractivity contribution >= 4 is 23.2 Å². The molecular weight excluding hydrogens is 552 g/mol. The van der Waals surface area contributed by atoms with E-state index in [2.05, 4.69) is 0 Å². The van der Waals surface area contributed by atoms with E-state index in [1.54, 1.807) is 0 Å². The molecule has 0 bridgehead atoms. The third-order valence-electron chi connectivity index (χ3n) is 7.14. The van der Waals surface area contributed by atoms with Crippen LogP contribution in [0.2, 0.25) is 0 Å². The molecule has 2 aliphatic rings. The summed E-state index contributed by atoms with van der Waals surface area (Å²) in [5.41, 5.74) is 12.1. The fraction of sp³-hybridized carbons (Fsp3) is 0.481. The Morgan fingerprint density at radius 2 is 1.12 bits per heavy atom. The molecule has 0 aromatic heterocycles. The minimum absolute atomic E-state index is 0.0142. The van der Waals surface area contributed by atoms with Gasteiger partial charge in [0.2, 0.25) is 6.79 Å². The van der Waals surface area contributed by atoms with Crippen LogP contribution in [0.5, 0.6) is 23.0 Å². The maximum Gasteiger partial charge on any atom is 0.267 e. The summed E-state index contributed by atoms with van der Waals surface area (Å²) in [4.78, 5) is 28.0. The molecule has 2 amide bonds. The number of hydrogen-bond donors (Lipinski definition) is 2. The van der Waals surface area contributed by atoms with Crippen LogP contribution >= 0.6 is 0 Å². The molecule has 10 nitrogen and oxygen atoms in total. The number of likely N-dealkylation sites (tertiary alicyclic amines) is 2. The Morgan fingerprint density at radius 1 is 0.756 bits per heavy atom. The van der Waals surface area contributed by atoms with E-state index in [-0.39, 0.29) is 45.5 Å². The van der Waals surface area contributed by atoms with Gasteiger partial charge in [-0.2, -0.15) is 0 Å². The molecule has 0 aliphatic carbocycles. The van der Waals surface area contributed by atoms with Crippen LogP contribution in [0.25, 0.3) is 0 Å². The largest absolute Gasteiger partial charge is 0.493 e. The standard InChI is InChI=1S/C27H32F4N4O6/c1-14-9-26(28,29)11-34(14)24(36)16-5-20(38-3)22(7-18(16)32)40-13-41-23-8-19(33)17(6-21(23)39-4)25(37)35-12-27(30,31)10-15(35)2/h5-8,14-15H,9-13,32-33H2,1-4H3/t14-,15-/m1/s1. The van der Waals surface area contributed by atoms with E-state index < -0.39 is 68.5 Å². The van der Waals surface area contributed by atoms with E-state index in [1.165, 1.54) is 52.3 Å². The summed E-state index contributed by atoms with van der Waals surface area (Å²) >= 11 is 0. The first-order valence-electron chi connectivity index (χ1n) is 12.7. The molecule has 41 heavy (non-hydrogen) atoms. The van der Waals surface area contributed by atoms with Crippen LogP contribution in [0, 0.1) is 0 Å². The molecule has 0 spiro atoms. The summed E-state index contributed by atoms with van der Waals surface area (Å²) in [6.45, 7) is 1.24. The van der Waals surface area contributed by atoms with Crippen LogP contribution in [0.3, 0.4) is 0 Å².